The molecule has 1 fully saturated rings. The van der Waals surface area contributed by atoms with Crippen LogP contribution in [-0.4, -0.2) is 22.6 Å². The molecule has 3 rings (SSSR count). The fourth-order valence-corrected chi connectivity index (χ4v) is 3.16. The van der Waals surface area contributed by atoms with E-state index in [0.29, 0.717) is 5.92 Å². The van der Waals surface area contributed by atoms with E-state index in [4.69, 9.17) is 10.5 Å². The summed E-state index contributed by atoms with van der Waals surface area (Å²) in [6.45, 7) is 0.720. The monoisotopic (exact) mass is 247 g/mol. The number of hydrogen-bond acceptors (Lipinski definition) is 4. The van der Waals surface area contributed by atoms with Gasteiger partial charge in [0.1, 0.15) is 12.4 Å². The highest BCUT2D eigenvalue weighted by molar-refractivity contribution is 5.31. The van der Waals surface area contributed by atoms with Crippen LogP contribution in [0.15, 0.2) is 6.33 Å². The molecule has 1 saturated carbocycles. The van der Waals surface area contributed by atoms with Crippen molar-refractivity contribution in [1.82, 2.24) is 9.97 Å². The number of ether oxygens (including phenoxy) is 1. The summed E-state index contributed by atoms with van der Waals surface area (Å²) in [6, 6.07) is 0. The van der Waals surface area contributed by atoms with Crippen LogP contribution < -0.4 is 10.5 Å². The number of hydrogen-bond donors (Lipinski definition) is 1. The van der Waals surface area contributed by atoms with Gasteiger partial charge in [-0.3, -0.25) is 0 Å². The van der Waals surface area contributed by atoms with Crippen molar-refractivity contribution in [1.29, 1.82) is 0 Å². The molecule has 0 saturated heterocycles. The quantitative estimate of drug-likeness (QED) is 0.885. The van der Waals surface area contributed by atoms with E-state index in [1.54, 1.807) is 6.33 Å². The number of nitrogens with zero attached hydrogens (tertiary/aromatic N) is 2. The molecule has 1 aromatic heterocycles. The molecular weight excluding hydrogens is 226 g/mol. The van der Waals surface area contributed by atoms with Crippen LogP contribution in [0.1, 0.15) is 43.4 Å². The third kappa shape index (κ3) is 2.21. The fraction of sp³-hybridized carbons (Fsp3) is 0.714. The van der Waals surface area contributed by atoms with Crippen molar-refractivity contribution < 1.29 is 4.74 Å². The molecule has 0 amide bonds. The Kier molecular flexibility index (Phi) is 3.46. The molecule has 4 heteroatoms. The molecule has 0 radical (unpaired) electrons. The SMILES string of the molecule is NCC1CCCC1Oc1ncnc2c1CCCC2. The summed E-state index contributed by atoms with van der Waals surface area (Å²) in [5.41, 5.74) is 8.23. The summed E-state index contributed by atoms with van der Waals surface area (Å²) >= 11 is 0. The van der Waals surface area contributed by atoms with E-state index in [1.165, 1.54) is 36.9 Å². The van der Waals surface area contributed by atoms with E-state index in [9.17, 15) is 0 Å². The Morgan fingerprint density at radius 2 is 2.06 bits per heavy atom. The summed E-state index contributed by atoms with van der Waals surface area (Å²) in [5, 5.41) is 0. The Balaban J connectivity index is 1.80. The molecule has 0 spiro atoms. The Bertz CT molecular complexity index is 422. The molecule has 1 heterocycles. The van der Waals surface area contributed by atoms with Crippen LogP contribution in [0.3, 0.4) is 0 Å². The van der Waals surface area contributed by atoms with Gasteiger partial charge in [0.25, 0.3) is 0 Å². The molecule has 2 aliphatic carbocycles. The Morgan fingerprint density at radius 1 is 1.17 bits per heavy atom. The predicted octanol–water partition coefficient (Wildman–Crippen LogP) is 1.86. The number of fused-ring (bicyclic) bond motifs is 1. The molecule has 2 aliphatic rings. The second-order valence-electron chi connectivity index (χ2n) is 5.39. The van der Waals surface area contributed by atoms with Crippen molar-refractivity contribution in [3.05, 3.63) is 17.6 Å². The van der Waals surface area contributed by atoms with Gasteiger partial charge in [-0.1, -0.05) is 0 Å². The largest absolute Gasteiger partial charge is 0.474 e. The van der Waals surface area contributed by atoms with Crippen LogP contribution in [0.2, 0.25) is 0 Å². The standard InChI is InChI=1S/C14H21N3O/c15-8-10-4-3-7-13(10)18-14-11-5-1-2-6-12(11)16-9-17-14/h9-10,13H,1-8,15H2. The number of aryl methyl sites for hydroxylation is 1. The summed E-state index contributed by atoms with van der Waals surface area (Å²) < 4.78 is 6.15. The van der Waals surface area contributed by atoms with Gasteiger partial charge in [-0.25, -0.2) is 9.97 Å². The molecule has 2 atom stereocenters. The normalized spacial score (nSPS) is 26.9. The predicted molar refractivity (Wildman–Crippen MR) is 69.5 cm³/mol. The first-order chi connectivity index (χ1) is 8.88. The molecule has 1 aromatic rings. The van der Waals surface area contributed by atoms with E-state index in [1.807, 2.05) is 0 Å². The zero-order valence-electron chi connectivity index (χ0n) is 10.8. The van der Waals surface area contributed by atoms with Crippen molar-refractivity contribution in [2.24, 2.45) is 11.7 Å². The molecule has 0 aromatic carbocycles. The topological polar surface area (TPSA) is 61.0 Å². The molecule has 98 valence electrons. The summed E-state index contributed by atoms with van der Waals surface area (Å²) in [7, 11) is 0. The van der Waals surface area contributed by atoms with E-state index in [2.05, 4.69) is 9.97 Å². The first-order valence-corrected chi connectivity index (χ1v) is 7.08. The minimum Gasteiger partial charge on any atom is -0.474 e. The maximum Gasteiger partial charge on any atom is 0.220 e. The molecule has 0 aliphatic heterocycles. The fourth-order valence-electron chi connectivity index (χ4n) is 3.16. The number of rotatable bonds is 3. The number of aromatic nitrogens is 2. The summed E-state index contributed by atoms with van der Waals surface area (Å²) in [5.74, 6) is 1.32. The van der Waals surface area contributed by atoms with Crippen LogP contribution in [0.4, 0.5) is 0 Å². The third-order valence-corrected chi connectivity index (χ3v) is 4.24. The minimum atomic E-state index is 0.260. The molecular formula is C14H21N3O. The van der Waals surface area contributed by atoms with E-state index < -0.39 is 0 Å². The first-order valence-electron chi connectivity index (χ1n) is 7.08. The highest BCUT2D eigenvalue weighted by Gasteiger charge is 2.29. The van der Waals surface area contributed by atoms with E-state index in [-0.39, 0.29) is 6.10 Å². The molecule has 0 bridgehead atoms. The van der Waals surface area contributed by atoms with Gasteiger partial charge in [-0.15, -0.1) is 0 Å². The van der Waals surface area contributed by atoms with Crippen molar-refractivity contribution >= 4 is 0 Å². The highest BCUT2D eigenvalue weighted by Crippen LogP contribution is 2.32. The van der Waals surface area contributed by atoms with E-state index >= 15 is 0 Å². The third-order valence-electron chi connectivity index (χ3n) is 4.24. The van der Waals surface area contributed by atoms with Crippen molar-refractivity contribution in [3.63, 3.8) is 0 Å². The van der Waals surface area contributed by atoms with Crippen LogP contribution in [0.25, 0.3) is 0 Å². The van der Waals surface area contributed by atoms with Crippen LogP contribution in [-0.2, 0) is 12.8 Å². The lowest BCUT2D eigenvalue weighted by atomic mass is 9.97. The van der Waals surface area contributed by atoms with E-state index in [0.717, 1.165) is 31.7 Å². The average Bonchev–Trinajstić information content (AvgIpc) is 2.86. The molecule has 2 unspecified atom stereocenters. The summed E-state index contributed by atoms with van der Waals surface area (Å²) in [4.78, 5) is 8.73. The summed E-state index contributed by atoms with van der Waals surface area (Å²) in [6.07, 6.45) is 10.0. The van der Waals surface area contributed by atoms with Crippen LogP contribution in [0, 0.1) is 5.92 Å². The second-order valence-corrected chi connectivity index (χ2v) is 5.39. The second kappa shape index (κ2) is 5.22. The lowest BCUT2D eigenvalue weighted by Gasteiger charge is -2.23. The van der Waals surface area contributed by atoms with Gasteiger partial charge in [0, 0.05) is 11.5 Å². The number of nitrogens with two attached hydrogens (primary N) is 1. The average molecular weight is 247 g/mol. The first kappa shape index (κ1) is 11.9. The Morgan fingerprint density at radius 3 is 2.94 bits per heavy atom. The molecule has 18 heavy (non-hydrogen) atoms. The smallest absolute Gasteiger partial charge is 0.220 e. The lowest BCUT2D eigenvalue weighted by Crippen LogP contribution is -2.28. The zero-order valence-corrected chi connectivity index (χ0v) is 10.8. The maximum atomic E-state index is 6.15. The Labute approximate surface area is 108 Å². The lowest BCUT2D eigenvalue weighted by molar-refractivity contribution is 0.153. The zero-order chi connectivity index (χ0) is 12.4. The molecule has 4 nitrogen and oxygen atoms in total. The van der Waals surface area contributed by atoms with Crippen molar-refractivity contribution in [2.75, 3.05) is 6.54 Å². The van der Waals surface area contributed by atoms with Crippen molar-refractivity contribution in [2.45, 2.75) is 51.0 Å². The highest BCUT2D eigenvalue weighted by atomic mass is 16.5. The van der Waals surface area contributed by atoms with Gasteiger partial charge < -0.3 is 10.5 Å². The van der Waals surface area contributed by atoms with Crippen molar-refractivity contribution in [3.8, 4) is 5.88 Å². The van der Waals surface area contributed by atoms with Crippen LogP contribution in [0.5, 0.6) is 5.88 Å². The van der Waals surface area contributed by atoms with Gasteiger partial charge >= 0.3 is 0 Å². The van der Waals surface area contributed by atoms with Gasteiger partial charge in [-0.05, 0) is 51.5 Å². The minimum absolute atomic E-state index is 0.260. The van der Waals surface area contributed by atoms with Gasteiger partial charge in [0.05, 0.1) is 5.69 Å². The molecule has 2 N–H and O–H groups in total. The van der Waals surface area contributed by atoms with Crippen LogP contribution >= 0.6 is 0 Å². The maximum absolute atomic E-state index is 6.15. The Hall–Kier alpha value is -1.16. The van der Waals surface area contributed by atoms with Gasteiger partial charge in [0.2, 0.25) is 5.88 Å². The van der Waals surface area contributed by atoms with Gasteiger partial charge in [-0.2, -0.15) is 0 Å². The van der Waals surface area contributed by atoms with Gasteiger partial charge in [0.15, 0.2) is 0 Å².